The molecule has 0 radical (unpaired) electrons. The number of ether oxygens (including phenoxy) is 4. The number of allylic oxidation sites excluding steroid dienone is 14. The molecular weight excluding hydrogens is 1200 g/mol. The standard InChI is InChI=1S/C88H159NO8/c1-6-8-10-12-14-16-18-20-22-24-26-28-30-32-34-36-38-39-40-41-42-43-44-45-46-47-49-51-53-55-57-59-61-63-65-67-69-71-73-75-77-79-86(91)97-84(83-96-88(87(92)93)94-81-80-89(3,4)5)82-95-85(90)78-76-74-72-70-68-66-64-62-60-58-56-54-52-50-48-37-35-33-31-29-27-25-23-21-19-17-15-13-11-9-7-2/h8,10,14,16,20,22,25-28,32,34,38-39,84,88H,6-7,9,11-13,15,17-19,21,23-24,29-31,33,35-37,40-83H2,1-5H3/p+1/b10-8-,16-14-,22-20-,27-25-,28-26-,34-32-,39-38-. The van der Waals surface area contributed by atoms with E-state index in [1.807, 2.05) is 21.1 Å². The van der Waals surface area contributed by atoms with Crippen molar-refractivity contribution in [3.8, 4) is 0 Å². The lowest BCUT2D eigenvalue weighted by atomic mass is 10.0. The van der Waals surface area contributed by atoms with Crippen LogP contribution in [-0.2, 0) is 33.3 Å². The van der Waals surface area contributed by atoms with Gasteiger partial charge in [0.05, 0.1) is 34.4 Å². The van der Waals surface area contributed by atoms with Crippen molar-refractivity contribution in [1.82, 2.24) is 0 Å². The lowest BCUT2D eigenvalue weighted by Crippen LogP contribution is -2.40. The highest BCUT2D eigenvalue weighted by Gasteiger charge is 2.25. The van der Waals surface area contributed by atoms with Gasteiger partial charge in [-0.1, -0.05) is 381 Å². The zero-order valence-electron chi connectivity index (χ0n) is 64.7. The smallest absolute Gasteiger partial charge is 0.361 e. The van der Waals surface area contributed by atoms with Gasteiger partial charge in [-0.05, 0) is 89.9 Å². The molecule has 2 unspecified atom stereocenters. The molecule has 0 rings (SSSR count). The summed E-state index contributed by atoms with van der Waals surface area (Å²) in [5.41, 5.74) is 0. The first-order chi connectivity index (χ1) is 47.6. The fourth-order valence-electron chi connectivity index (χ4n) is 12.3. The Kier molecular flexibility index (Phi) is 75.3. The molecule has 9 nitrogen and oxygen atoms in total. The minimum absolute atomic E-state index is 0.178. The number of nitrogens with zero attached hydrogens (tertiary/aromatic N) is 1. The SMILES string of the molecule is CC/C=C\C/C=C\C/C=C\C/C=C\C/C=C\C/C=C\CCCCCCCCCCCCCCCCCCCCCCCCC(=O)OC(COC(=O)CCCCCCCCCCCCCCCCCCCCC/C=C\CCCCCCCCCC)COC(OCC[N+](C)(C)C)C(=O)O. The van der Waals surface area contributed by atoms with Crippen LogP contribution >= 0.6 is 0 Å². The Bertz CT molecular complexity index is 1870. The quantitative estimate of drug-likeness (QED) is 0.0211. The Hall–Kier alpha value is -3.53. The molecule has 0 spiro atoms. The van der Waals surface area contributed by atoms with Crippen molar-refractivity contribution in [2.45, 2.75) is 411 Å². The molecule has 0 aliphatic heterocycles. The predicted molar refractivity (Wildman–Crippen MR) is 419 cm³/mol. The van der Waals surface area contributed by atoms with Crippen LogP contribution in [0.3, 0.4) is 0 Å². The molecule has 564 valence electrons. The molecule has 0 amide bonds. The van der Waals surface area contributed by atoms with E-state index in [0.29, 0.717) is 17.4 Å². The number of carbonyl (C=O) groups is 3. The maximum atomic E-state index is 13.0. The maximum Gasteiger partial charge on any atom is 0.361 e. The summed E-state index contributed by atoms with van der Waals surface area (Å²) in [5.74, 6) is -1.98. The van der Waals surface area contributed by atoms with Crippen molar-refractivity contribution in [2.24, 2.45) is 0 Å². The molecule has 0 aromatic heterocycles. The van der Waals surface area contributed by atoms with E-state index in [1.165, 1.54) is 295 Å². The number of quaternary nitrogens is 1. The van der Waals surface area contributed by atoms with Gasteiger partial charge in [0.2, 0.25) is 0 Å². The van der Waals surface area contributed by atoms with Gasteiger partial charge in [0.25, 0.3) is 6.29 Å². The van der Waals surface area contributed by atoms with Crippen LogP contribution in [-0.4, -0.2) is 87.4 Å². The topological polar surface area (TPSA) is 108 Å². The van der Waals surface area contributed by atoms with Gasteiger partial charge in [0, 0.05) is 12.8 Å². The number of carboxylic acid groups (broad SMARTS) is 1. The van der Waals surface area contributed by atoms with E-state index in [9.17, 15) is 19.5 Å². The van der Waals surface area contributed by atoms with Crippen LogP contribution in [0, 0.1) is 0 Å². The van der Waals surface area contributed by atoms with E-state index in [0.717, 1.165) is 77.0 Å². The van der Waals surface area contributed by atoms with Gasteiger partial charge >= 0.3 is 17.9 Å². The monoisotopic (exact) mass is 1360 g/mol. The lowest BCUT2D eigenvalue weighted by molar-refractivity contribution is -0.870. The molecule has 0 fully saturated rings. The van der Waals surface area contributed by atoms with Crippen molar-refractivity contribution < 1.29 is 42.9 Å². The minimum atomic E-state index is -1.51. The summed E-state index contributed by atoms with van der Waals surface area (Å²) in [5, 5.41) is 9.78. The minimum Gasteiger partial charge on any atom is -0.477 e. The third-order valence-corrected chi connectivity index (χ3v) is 18.6. The van der Waals surface area contributed by atoms with Crippen LogP contribution in [0.2, 0.25) is 0 Å². The summed E-state index contributed by atoms with van der Waals surface area (Å²) in [6.07, 6.45) is 105. The number of hydrogen-bond acceptors (Lipinski definition) is 7. The molecule has 1 N–H and O–H groups in total. The van der Waals surface area contributed by atoms with Crippen LogP contribution < -0.4 is 0 Å². The highest BCUT2D eigenvalue weighted by Crippen LogP contribution is 2.20. The molecule has 0 saturated carbocycles. The fourth-order valence-corrected chi connectivity index (χ4v) is 12.3. The average molecular weight is 1360 g/mol. The lowest BCUT2D eigenvalue weighted by Gasteiger charge is -2.25. The normalized spacial score (nSPS) is 13.0. The zero-order chi connectivity index (χ0) is 70.4. The Morgan fingerprint density at radius 3 is 0.887 bits per heavy atom. The molecule has 0 saturated heterocycles. The van der Waals surface area contributed by atoms with Crippen LogP contribution in [0.15, 0.2) is 85.1 Å². The number of unbranched alkanes of at least 4 members (excludes halogenated alkanes) is 49. The summed E-state index contributed by atoms with van der Waals surface area (Å²) in [7, 11) is 6.00. The van der Waals surface area contributed by atoms with Gasteiger partial charge in [0.1, 0.15) is 13.2 Å². The first-order valence-electron chi connectivity index (χ1n) is 41.8. The third kappa shape index (κ3) is 79.7. The van der Waals surface area contributed by atoms with E-state index in [1.54, 1.807) is 0 Å². The van der Waals surface area contributed by atoms with Crippen molar-refractivity contribution in [3.63, 3.8) is 0 Å². The number of aliphatic carboxylic acids is 1. The highest BCUT2D eigenvalue weighted by molar-refractivity contribution is 5.71. The number of esters is 2. The number of hydrogen-bond donors (Lipinski definition) is 1. The molecule has 0 aliphatic rings. The zero-order valence-corrected chi connectivity index (χ0v) is 64.7. The number of likely N-dealkylation sites (N-methyl/N-ethyl adjacent to an activating group) is 1. The molecule has 9 heteroatoms. The van der Waals surface area contributed by atoms with E-state index in [-0.39, 0.29) is 38.2 Å². The molecule has 0 aliphatic carbocycles. The molecule has 0 heterocycles. The Morgan fingerprint density at radius 1 is 0.320 bits per heavy atom. The van der Waals surface area contributed by atoms with Crippen molar-refractivity contribution >= 4 is 17.9 Å². The Morgan fingerprint density at radius 2 is 0.588 bits per heavy atom. The summed E-state index contributed by atoms with van der Waals surface area (Å²) >= 11 is 0. The van der Waals surface area contributed by atoms with E-state index >= 15 is 0 Å². The molecule has 0 aromatic rings. The van der Waals surface area contributed by atoms with Crippen molar-refractivity contribution in [3.05, 3.63) is 85.1 Å². The third-order valence-electron chi connectivity index (χ3n) is 18.6. The molecular formula is C88H160NO8+. The Balaban J connectivity index is 3.96. The van der Waals surface area contributed by atoms with Crippen molar-refractivity contribution in [1.29, 1.82) is 0 Å². The van der Waals surface area contributed by atoms with E-state index in [2.05, 4.69) is 98.9 Å². The first kappa shape index (κ1) is 93.5. The summed E-state index contributed by atoms with van der Waals surface area (Å²) in [4.78, 5) is 37.8. The second kappa shape index (κ2) is 78.2. The van der Waals surface area contributed by atoms with Crippen molar-refractivity contribution in [2.75, 3.05) is 47.5 Å². The number of rotatable bonds is 78. The van der Waals surface area contributed by atoms with Gasteiger partial charge in [0.15, 0.2) is 6.10 Å². The van der Waals surface area contributed by atoms with Crippen LogP contribution in [0.25, 0.3) is 0 Å². The summed E-state index contributed by atoms with van der Waals surface area (Å²) in [6.45, 7) is 4.83. The molecule has 97 heavy (non-hydrogen) atoms. The highest BCUT2D eigenvalue weighted by atomic mass is 16.7. The van der Waals surface area contributed by atoms with Gasteiger partial charge < -0.3 is 28.5 Å². The van der Waals surface area contributed by atoms with Crippen LogP contribution in [0.1, 0.15) is 399 Å². The largest absolute Gasteiger partial charge is 0.477 e. The molecule has 0 aromatic carbocycles. The van der Waals surface area contributed by atoms with Gasteiger partial charge in [-0.3, -0.25) is 9.59 Å². The average Bonchev–Trinajstić information content (AvgIpc) is 3.27. The number of carbonyl (C=O) groups excluding carboxylic acids is 2. The summed E-state index contributed by atoms with van der Waals surface area (Å²) in [6, 6.07) is 0. The molecule has 0 bridgehead atoms. The predicted octanol–water partition coefficient (Wildman–Crippen LogP) is 26.9. The second-order valence-corrected chi connectivity index (χ2v) is 29.4. The van der Waals surface area contributed by atoms with E-state index in [4.69, 9.17) is 18.9 Å². The number of carboxylic acids is 1. The fraction of sp³-hybridized carbons (Fsp3) is 0.807. The van der Waals surface area contributed by atoms with Crippen LogP contribution in [0.4, 0.5) is 0 Å². The Labute approximate surface area is 601 Å². The first-order valence-corrected chi connectivity index (χ1v) is 41.8. The van der Waals surface area contributed by atoms with Gasteiger partial charge in [-0.25, -0.2) is 4.79 Å². The second-order valence-electron chi connectivity index (χ2n) is 29.4. The molecule has 2 atom stereocenters. The van der Waals surface area contributed by atoms with Gasteiger partial charge in [-0.2, -0.15) is 0 Å². The maximum absolute atomic E-state index is 13.0. The van der Waals surface area contributed by atoms with Crippen LogP contribution in [0.5, 0.6) is 0 Å². The van der Waals surface area contributed by atoms with Gasteiger partial charge in [-0.15, -0.1) is 0 Å². The summed E-state index contributed by atoms with van der Waals surface area (Å²) < 4.78 is 23.1. The van der Waals surface area contributed by atoms with E-state index < -0.39 is 18.4 Å².